The third-order valence-electron chi connectivity index (χ3n) is 3.86. The first-order chi connectivity index (χ1) is 10.6. The molecule has 0 radical (unpaired) electrons. The molecule has 0 bridgehead atoms. The Balaban J connectivity index is 2.38. The van der Waals surface area contributed by atoms with Gasteiger partial charge < -0.3 is 0 Å². The first-order valence-corrected chi connectivity index (χ1v) is 7.48. The normalized spacial score (nSPS) is 13.6. The Kier molecular flexibility index (Phi) is 5.21. The van der Waals surface area contributed by atoms with Crippen molar-refractivity contribution in [2.45, 2.75) is 38.5 Å². The van der Waals surface area contributed by atoms with Crippen molar-refractivity contribution in [3.8, 4) is 6.07 Å². The molecule has 2 rings (SSSR count). The Morgan fingerprint density at radius 3 is 2.50 bits per heavy atom. The van der Waals surface area contributed by atoms with E-state index in [2.05, 4.69) is 29.9 Å². The van der Waals surface area contributed by atoms with E-state index in [0.717, 1.165) is 17.7 Å². The van der Waals surface area contributed by atoms with Gasteiger partial charge in [0.05, 0.1) is 17.2 Å². The Hall–Kier alpha value is -2.28. The van der Waals surface area contributed by atoms with Crippen molar-refractivity contribution in [1.82, 2.24) is 9.97 Å². The monoisotopic (exact) mass is 297 g/mol. The minimum atomic E-state index is -0.700. The van der Waals surface area contributed by atoms with Gasteiger partial charge in [-0.2, -0.15) is 5.26 Å². The fourth-order valence-electron chi connectivity index (χ4n) is 2.53. The van der Waals surface area contributed by atoms with Crippen molar-refractivity contribution in [3.63, 3.8) is 0 Å². The second-order valence-corrected chi connectivity index (χ2v) is 6.01. The average Bonchev–Trinajstić information content (AvgIpc) is 2.53. The summed E-state index contributed by atoms with van der Waals surface area (Å²) in [6, 6.07) is 8.69. The van der Waals surface area contributed by atoms with Gasteiger partial charge in [-0.05, 0) is 36.5 Å². The molecule has 0 fully saturated rings. The van der Waals surface area contributed by atoms with Crippen LogP contribution >= 0.6 is 0 Å². The van der Waals surface area contributed by atoms with Gasteiger partial charge in [-0.25, -0.2) is 4.39 Å². The summed E-state index contributed by atoms with van der Waals surface area (Å²) in [6.45, 7) is 4.27. The highest BCUT2D eigenvalue weighted by Crippen LogP contribution is 2.33. The number of nitrogens with zero attached hydrogens (tertiary/aromatic N) is 3. The molecule has 1 aromatic heterocycles. The van der Waals surface area contributed by atoms with Crippen molar-refractivity contribution in [1.29, 1.82) is 5.26 Å². The molecule has 0 spiro atoms. The number of hydrogen-bond acceptors (Lipinski definition) is 3. The van der Waals surface area contributed by atoms with Crippen LogP contribution in [0.5, 0.6) is 0 Å². The molecule has 1 aromatic carbocycles. The Morgan fingerprint density at radius 1 is 1.23 bits per heavy atom. The van der Waals surface area contributed by atoms with Crippen LogP contribution in [0.2, 0.25) is 0 Å². The molecule has 22 heavy (non-hydrogen) atoms. The molecule has 0 saturated carbocycles. The van der Waals surface area contributed by atoms with E-state index in [1.54, 1.807) is 30.7 Å². The minimum absolute atomic E-state index is 0.293. The van der Waals surface area contributed by atoms with Crippen molar-refractivity contribution in [2.24, 2.45) is 5.92 Å². The summed E-state index contributed by atoms with van der Waals surface area (Å²) in [7, 11) is 0. The topological polar surface area (TPSA) is 49.6 Å². The molecule has 3 nitrogen and oxygen atoms in total. The predicted octanol–water partition coefficient (Wildman–Crippen LogP) is 4.06. The third kappa shape index (κ3) is 3.88. The van der Waals surface area contributed by atoms with Crippen LogP contribution in [0.4, 0.5) is 4.39 Å². The van der Waals surface area contributed by atoms with Crippen LogP contribution in [-0.2, 0) is 11.8 Å². The number of hydrogen-bond donors (Lipinski definition) is 0. The van der Waals surface area contributed by atoms with E-state index in [-0.39, 0.29) is 5.82 Å². The molecule has 1 heterocycles. The number of benzene rings is 1. The highest BCUT2D eigenvalue weighted by Gasteiger charge is 2.33. The van der Waals surface area contributed by atoms with Gasteiger partial charge in [-0.3, -0.25) is 9.97 Å². The third-order valence-corrected chi connectivity index (χ3v) is 3.86. The molecule has 0 aliphatic rings. The Labute approximate surface area is 130 Å². The highest BCUT2D eigenvalue weighted by molar-refractivity contribution is 5.34. The van der Waals surface area contributed by atoms with Gasteiger partial charge in [0, 0.05) is 25.0 Å². The number of nitriles is 1. The molecule has 2 aromatic rings. The van der Waals surface area contributed by atoms with E-state index in [4.69, 9.17) is 0 Å². The van der Waals surface area contributed by atoms with Gasteiger partial charge in [-0.1, -0.05) is 26.0 Å². The van der Waals surface area contributed by atoms with Crippen LogP contribution in [-0.4, -0.2) is 9.97 Å². The summed E-state index contributed by atoms with van der Waals surface area (Å²) in [5, 5.41) is 9.88. The molecular formula is C18H20FN3. The molecular weight excluding hydrogens is 277 g/mol. The van der Waals surface area contributed by atoms with Crippen molar-refractivity contribution in [3.05, 3.63) is 59.9 Å². The summed E-state index contributed by atoms with van der Waals surface area (Å²) >= 11 is 0. The van der Waals surface area contributed by atoms with Gasteiger partial charge >= 0.3 is 0 Å². The smallest absolute Gasteiger partial charge is 0.123 e. The number of rotatable bonds is 6. The Morgan fingerprint density at radius 2 is 1.95 bits per heavy atom. The first-order valence-electron chi connectivity index (χ1n) is 7.48. The summed E-state index contributed by atoms with van der Waals surface area (Å²) in [5.41, 5.74) is 0.911. The fraction of sp³-hybridized carbons (Fsp3) is 0.389. The fourth-order valence-corrected chi connectivity index (χ4v) is 2.53. The lowest BCUT2D eigenvalue weighted by molar-refractivity contribution is 0.425. The average molecular weight is 297 g/mol. The first kappa shape index (κ1) is 16.1. The summed E-state index contributed by atoms with van der Waals surface area (Å²) in [5.74, 6) is 0.203. The summed E-state index contributed by atoms with van der Waals surface area (Å²) < 4.78 is 13.2. The van der Waals surface area contributed by atoms with E-state index in [1.807, 2.05) is 0 Å². The summed E-state index contributed by atoms with van der Waals surface area (Å²) in [4.78, 5) is 8.37. The predicted molar refractivity (Wildman–Crippen MR) is 83.5 cm³/mol. The minimum Gasteiger partial charge on any atom is -0.261 e. The van der Waals surface area contributed by atoms with Crippen molar-refractivity contribution >= 4 is 0 Å². The lowest BCUT2D eigenvalue weighted by Crippen LogP contribution is -2.28. The zero-order valence-electron chi connectivity index (χ0n) is 13.0. The van der Waals surface area contributed by atoms with Gasteiger partial charge in [0.15, 0.2) is 0 Å². The lowest BCUT2D eigenvalue weighted by Gasteiger charge is -2.27. The maximum Gasteiger partial charge on any atom is 0.123 e. The van der Waals surface area contributed by atoms with Crippen molar-refractivity contribution < 1.29 is 4.39 Å². The van der Waals surface area contributed by atoms with Crippen LogP contribution in [0, 0.1) is 23.1 Å². The highest BCUT2D eigenvalue weighted by atomic mass is 19.1. The second kappa shape index (κ2) is 7.13. The SMILES string of the molecule is CC(C)CCC(C#N)(Cc1cnccn1)c1ccc(F)cc1. The molecule has 0 aliphatic heterocycles. The summed E-state index contributed by atoms with van der Waals surface area (Å²) in [6.07, 6.45) is 7.05. The molecule has 0 aliphatic carbocycles. The number of aromatic nitrogens is 2. The van der Waals surface area contributed by atoms with Crippen LogP contribution < -0.4 is 0 Å². The standard InChI is InChI=1S/C18H20FN3/c1-14(2)7-8-18(13-20,11-17-12-21-9-10-22-17)15-3-5-16(19)6-4-15/h3-6,9-10,12,14H,7-8,11H2,1-2H3. The van der Waals surface area contributed by atoms with Crippen molar-refractivity contribution in [2.75, 3.05) is 0 Å². The quantitative estimate of drug-likeness (QED) is 0.808. The molecule has 1 atom stereocenters. The zero-order chi connectivity index (χ0) is 16.0. The maximum atomic E-state index is 13.2. The molecule has 114 valence electrons. The second-order valence-electron chi connectivity index (χ2n) is 6.01. The molecule has 0 amide bonds. The molecule has 0 saturated heterocycles. The van der Waals surface area contributed by atoms with Crippen LogP contribution in [0.3, 0.4) is 0 Å². The van der Waals surface area contributed by atoms with Crippen LogP contribution in [0.1, 0.15) is 37.9 Å². The van der Waals surface area contributed by atoms with E-state index < -0.39 is 5.41 Å². The van der Waals surface area contributed by atoms with Gasteiger partial charge in [0.1, 0.15) is 5.82 Å². The van der Waals surface area contributed by atoms with E-state index in [9.17, 15) is 9.65 Å². The largest absolute Gasteiger partial charge is 0.261 e. The molecule has 1 unspecified atom stereocenters. The van der Waals surface area contributed by atoms with Gasteiger partial charge in [0.2, 0.25) is 0 Å². The van der Waals surface area contributed by atoms with E-state index >= 15 is 0 Å². The van der Waals surface area contributed by atoms with Crippen LogP contribution in [0.25, 0.3) is 0 Å². The van der Waals surface area contributed by atoms with Gasteiger partial charge in [0.25, 0.3) is 0 Å². The lowest BCUT2D eigenvalue weighted by atomic mass is 9.73. The van der Waals surface area contributed by atoms with E-state index in [1.165, 1.54) is 12.1 Å². The Bertz CT molecular complexity index is 632. The van der Waals surface area contributed by atoms with Gasteiger partial charge in [-0.15, -0.1) is 0 Å². The van der Waals surface area contributed by atoms with Crippen LogP contribution in [0.15, 0.2) is 42.9 Å². The molecule has 4 heteroatoms. The number of halogens is 1. The van der Waals surface area contributed by atoms with E-state index in [0.29, 0.717) is 18.8 Å². The zero-order valence-corrected chi connectivity index (χ0v) is 13.0. The maximum absolute atomic E-state index is 13.2. The molecule has 0 N–H and O–H groups in total.